The molecule has 0 spiro atoms. The van der Waals surface area contributed by atoms with Gasteiger partial charge in [-0.25, -0.2) is 9.97 Å². The van der Waals surface area contributed by atoms with E-state index in [1.807, 2.05) is 42.7 Å². The van der Waals surface area contributed by atoms with Gasteiger partial charge in [-0.1, -0.05) is 109 Å². The van der Waals surface area contributed by atoms with E-state index in [0.29, 0.717) is 0 Å². The molecule has 234 valence electrons. The Balaban J connectivity index is 1.22. The molecule has 4 heteroatoms. The first-order valence-corrected chi connectivity index (χ1v) is 16.8. The molecule has 9 aromatic rings. The van der Waals surface area contributed by atoms with E-state index in [1.165, 1.54) is 0 Å². The van der Waals surface area contributed by atoms with Crippen LogP contribution >= 0.6 is 0 Å². The zero-order valence-electron chi connectivity index (χ0n) is 27.0. The first kappa shape index (κ1) is 28.3. The smallest absolute Gasteiger partial charge is 0.146 e. The summed E-state index contributed by atoms with van der Waals surface area (Å²) in [6.07, 6.45) is 8.13. The highest BCUT2D eigenvalue weighted by Gasteiger charge is 2.20. The predicted molar refractivity (Wildman–Crippen MR) is 206 cm³/mol. The van der Waals surface area contributed by atoms with Crippen molar-refractivity contribution in [1.29, 1.82) is 0 Å². The largest absolute Gasteiger partial charge is 0.455 e. The van der Waals surface area contributed by atoms with Gasteiger partial charge in [0.15, 0.2) is 0 Å². The lowest BCUT2D eigenvalue weighted by molar-refractivity contribution is 0.492. The maximum absolute atomic E-state index is 7.05. The fourth-order valence-corrected chi connectivity index (χ4v) is 7.38. The van der Waals surface area contributed by atoms with Gasteiger partial charge in [-0.15, -0.1) is 0 Å². The van der Waals surface area contributed by atoms with E-state index in [2.05, 4.69) is 143 Å². The van der Waals surface area contributed by atoms with Crippen LogP contribution in [0.25, 0.3) is 84.1 Å². The van der Waals surface area contributed by atoms with Gasteiger partial charge in [-0.05, 0) is 93.4 Å². The maximum Gasteiger partial charge on any atom is 0.146 e. The lowest BCUT2D eigenvalue weighted by Gasteiger charge is -2.18. The van der Waals surface area contributed by atoms with Crippen LogP contribution in [0.2, 0.25) is 0 Å². The fraction of sp³-hybridized carbons (Fsp3) is 0. The fourth-order valence-electron chi connectivity index (χ4n) is 7.38. The van der Waals surface area contributed by atoms with E-state index >= 15 is 0 Å². The molecule has 0 atom stereocenters. The van der Waals surface area contributed by atoms with Crippen LogP contribution in [0, 0.1) is 0 Å². The predicted octanol–water partition coefficient (Wildman–Crippen LogP) is 12.0. The van der Waals surface area contributed by atoms with Crippen LogP contribution in [0.4, 0.5) is 0 Å². The number of para-hydroxylation sites is 1. The number of benzene rings is 6. The van der Waals surface area contributed by atoms with E-state index in [9.17, 15) is 0 Å². The summed E-state index contributed by atoms with van der Waals surface area (Å²) in [4.78, 5) is 9.45. The number of nitrogens with zero attached hydrogens (tertiary/aromatic N) is 3. The summed E-state index contributed by atoms with van der Waals surface area (Å²) >= 11 is 0. The zero-order valence-corrected chi connectivity index (χ0v) is 27.0. The van der Waals surface area contributed by atoms with Crippen LogP contribution in [0.1, 0.15) is 11.1 Å². The third-order valence-corrected chi connectivity index (χ3v) is 9.75. The Kier molecular flexibility index (Phi) is 6.46. The summed E-state index contributed by atoms with van der Waals surface area (Å²) in [6, 6.07) is 53.3. The van der Waals surface area contributed by atoms with Crippen molar-refractivity contribution in [2.75, 3.05) is 0 Å². The van der Waals surface area contributed by atoms with Crippen molar-refractivity contribution in [2.45, 2.75) is 0 Å². The summed E-state index contributed by atoms with van der Waals surface area (Å²) in [6.45, 7) is 0. The summed E-state index contributed by atoms with van der Waals surface area (Å²) in [5.74, 6) is 2.53. The van der Waals surface area contributed by atoms with Crippen molar-refractivity contribution < 1.29 is 4.74 Å². The molecule has 0 amide bonds. The van der Waals surface area contributed by atoms with Crippen molar-refractivity contribution in [3.8, 4) is 50.7 Å². The first-order valence-electron chi connectivity index (χ1n) is 16.8. The monoisotopic (exact) mass is 639 g/mol. The van der Waals surface area contributed by atoms with Gasteiger partial charge in [-0.3, -0.25) is 4.57 Å². The van der Waals surface area contributed by atoms with Crippen LogP contribution in [0.5, 0.6) is 11.5 Å². The highest BCUT2D eigenvalue weighted by Crippen LogP contribution is 2.46. The average Bonchev–Trinajstić information content (AvgIpc) is 3.50. The molecule has 1 aliphatic heterocycles. The Morgan fingerprint density at radius 3 is 2.12 bits per heavy atom. The number of hydrogen-bond donors (Lipinski definition) is 0. The minimum Gasteiger partial charge on any atom is -0.455 e. The number of rotatable bonds is 2. The Bertz CT molecular complexity index is 2790. The molecular formula is C46H29N3O. The third kappa shape index (κ3) is 4.54. The van der Waals surface area contributed by atoms with Gasteiger partial charge >= 0.3 is 0 Å². The number of fused-ring (bicyclic) bond motifs is 11. The molecule has 10 rings (SSSR count). The molecule has 50 heavy (non-hydrogen) atoms. The Hall–Kier alpha value is -6.78. The van der Waals surface area contributed by atoms with Gasteiger partial charge in [0.1, 0.15) is 23.0 Å². The second-order valence-corrected chi connectivity index (χ2v) is 12.6. The lowest BCUT2D eigenvalue weighted by Crippen LogP contribution is -1.97. The number of ether oxygens (including phenoxy) is 1. The lowest BCUT2D eigenvalue weighted by atomic mass is 9.91. The van der Waals surface area contributed by atoms with Gasteiger partial charge < -0.3 is 4.74 Å². The van der Waals surface area contributed by atoms with Gasteiger partial charge in [0.25, 0.3) is 0 Å². The van der Waals surface area contributed by atoms with Crippen molar-refractivity contribution >= 4 is 44.9 Å². The summed E-state index contributed by atoms with van der Waals surface area (Å²) in [5, 5.41) is 4.44. The third-order valence-electron chi connectivity index (χ3n) is 9.75. The molecule has 0 N–H and O–H groups in total. The van der Waals surface area contributed by atoms with Crippen LogP contribution < -0.4 is 4.74 Å². The Morgan fingerprint density at radius 2 is 1.20 bits per heavy atom. The molecule has 0 aliphatic carbocycles. The van der Waals surface area contributed by atoms with Crippen molar-refractivity contribution in [1.82, 2.24) is 14.5 Å². The van der Waals surface area contributed by atoms with Gasteiger partial charge in [0.05, 0.1) is 5.52 Å². The van der Waals surface area contributed by atoms with Crippen molar-refractivity contribution in [2.24, 2.45) is 0 Å². The molecule has 0 unspecified atom stereocenters. The molecule has 3 aromatic heterocycles. The Labute approximate surface area is 289 Å². The summed E-state index contributed by atoms with van der Waals surface area (Å²) < 4.78 is 9.20. The SMILES string of the molecule is C1=Cc2ccc(-c3ccc4c(c3)c3cccnc3n4-c3ccccn3)cc2-c2ccc3ccccc3c2Oc2ccccc2-c2ccccc21. The van der Waals surface area contributed by atoms with Gasteiger partial charge in [0.2, 0.25) is 0 Å². The summed E-state index contributed by atoms with van der Waals surface area (Å²) in [7, 11) is 0. The molecule has 4 nitrogen and oxygen atoms in total. The van der Waals surface area contributed by atoms with Crippen LogP contribution in [-0.4, -0.2) is 14.5 Å². The minimum atomic E-state index is 0.828. The quantitative estimate of drug-likeness (QED) is 0.189. The molecular weight excluding hydrogens is 611 g/mol. The average molecular weight is 640 g/mol. The van der Waals surface area contributed by atoms with E-state index in [1.54, 1.807) is 0 Å². The van der Waals surface area contributed by atoms with E-state index in [4.69, 9.17) is 9.72 Å². The zero-order chi connectivity index (χ0) is 33.0. The molecule has 0 saturated heterocycles. The Morgan fingerprint density at radius 1 is 0.460 bits per heavy atom. The first-order chi connectivity index (χ1) is 24.8. The van der Waals surface area contributed by atoms with Crippen LogP contribution in [0.3, 0.4) is 0 Å². The topological polar surface area (TPSA) is 39.9 Å². The van der Waals surface area contributed by atoms with Crippen LogP contribution in [0.15, 0.2) is 164 Å². The molecule has 0 fully saturated rings. The number of hydrogen-bond acceptors (Lipinski definition) is 3. The molecule has 0 bridgehead atoms. The normalized spacial score (nSPS) is 12.1. The number of pyridine rings is 2. The van der Waals surface area contributed by atoms with E-state index in [-0.39, 0.29) is 0 Å². The second-order valence-electron chi connectivity index (χ2n) is 12.6. The van der Waals surface area contributed by atoms with Crippen molar-refractivity contribution in [3.63, 3.8) is 0 Å². The second kappa shape index (κ2) is 11.4. The summed E-state index contributed by atoms with van der Waals surface area (Å²) in [5.41, 5.74) is 10.8. The molecule has 1 aliphatic rings. The molecule has 0 radical (unpaired) electrons. The highest BCUT2D eigenvalue weighted by atomic mass is 16.5. The van der Waals surface area contributed by atoms with Gasteiger partial charge in [-0.2, -0.15) is 0 Å². The van der Waals surface area contributed by atoms with E-state index < -0.39 is 0 Å². The highest BCUT2D eigenvalue weighted by molar-refractivity contribution is 6.09. The molecule has 0 saturated carbocycles. The minimum absolute atomic E-state index is 0.828. The number of aromatic nitrogens is 3. The van der Waals surface area contributed by atoms with Crippen LogP contribution in [-0.2, 0) is 0 Å². The van der Waals surface area contributed by atoms with Gasteiger partial charge in [0, 0.05) is 39.7 Å². The van der Waals surface area contributed by atoms with E-state index in [0.717, 1.165) is 94.5 Å². The van der Waals surface area contributed by atoms with Crippen molar-refractivity contribution in [3.05, 3.63) is 175 Å². The standard InChI is InChI=1S/C46H29N3O/c1-3-12-35-30(10-1)18-19-32-20-21-33(34-23-25-42-41(29-34)39-15-9-27-48-46(39)49(42)44-17-7-8-26-47-44)28-40(32)38-24-22-31-11-2-4-13-36(31)45(38)50-43-16-6-5-14-37(35)43/h1-29H. The maximum atomic E-state index is 7.05. The molecule has 6 aromatic carbocycles. The molecule has 4 heterocycles.